The van der Waals surface area contributed by atoms with Gasteiger partial charge in [-0.05, 0) is 36.5 Å². The number of rotatable bonds is 4. The van der Waals surface area contributed by atoms with Gasteiger partial charge in [0.1, 0.15) is 17.3 Å². The molecule has 0 heterocycles. The molecular weight excluding hydrogens is 331 g/mol. The number of hydrogen-bond acceptors (Lipinski definition) is 5. The number of Topliss-reactive ketones (excluding diaryl/α,β-unsaturated/α-hetero) is 1. The SMILES string of the molecule is COc1ccccc1B(O)O.COc1ccccc1C1CCCC(=O)C1. The van der Waals surface area contributed by atoms with E-state index in [4.69, 9.17) is 19.5 Å². The summed E-state index contributed by atoms with van der Waals surface area (Å²) >= 11 is 0. The molecule has 0 bridgehead atoms. The Morgan fingerprint density at radius 1 is 0.962 bits per heavy atom. The number of methoxy groups -OCH3 is 2. The summed E-state index contributed by atoms with van der Waals surface area (Å²) in [5.74, 6) is 2.15. The molecule has 1 saturated carbocycles. The molecular formula is C20H25BO5. The third-order valence-corrected chi connectivity index (χ3v) is 4.48. The fourth-order valence-corrected chi connectivity index (χ4v) is 3.17. The maximum absolute atomic E-state index is 11.4. The molecule has 6 heteroatoms. The van der Waals surface area contributed by atoms with Crippen LogP contribution in [0.2, 0.25) is 0 Å². The summed E-state index contributed by atoms with van der Waals surface area (Å²) in [6.07, 6.45) is 3.56. The molecule has 5 nitrogen and oxygen atoms in total. The Balaban J connectivity index is 0.000000197. The van der Waals surface area contributed by atoms with Gasteiger partial charge in [0.25, 0.3) is 0 Å². The third kappa shape index (κ3) is 5.34. The Hall–Kier alpha value is -2.31. The zero-order valence-corrected chi connectivity index (χ0v) is 15.2. The van der Waals surface area contributed by atoms with E-state index in [2.05, 4.69) is 6.07 Å². The lowest BCUT2D eigenvalue weighted by atomic mass is 9.80. The fraction of sp³-hybridized carbons (Fsp3) is 0.350. The highest BCUT2D eigenvalue weighted by Gasteiger charge is 2.23. The van der Waals surface area contributed by atoms with E-state index in [0.29, 0.717) is 29.3 Å². The Morgan fingerprint density at radius 2 is 1.58 bits per heavy atom. The lowest BCUT2D eigenvalue weighted by Gasteiger charge is -2.22. The first-order chi connectivity index (χ1) is 12.6. The minimum Gasteiger partial charge on any atom is -0.497 e. The topological polar surface area (TPSA) is 76.0 Å². The van der Waals surface area contributed by atoms with Crippen LogP contribution in [0, 0.1) is 0 Å². The summed E-state index contributed by atoms with van der Waals surface area (Å²) in [6.45, 7) is 0. The average Bonchev–Trinajstić information content (AvgIpc) is 2.68. The normalized spacial score (nSPS) is 16.3. The molecule has 0 aromatic heterocycles. The summed E-state index contributed by atoms with van der Waals surface area (Å²) in [5.41, 5.74) is 1.57. The van der Waals surface area contributed by atoms with E-state index in [-0.39, 0.29) is 0 Å². The second kappa shape index (κ2) is 9.99. The molecule has 1 atom stereocenters. The molecule has 1 aliphatic rings. The van der Waals surface area contributed by atoms with Crippen LogP contribution in [0.25, 0.3) is 0 Å². The summed E-state index contributed by atoms with van der Waals surface area (Å²) in [5, 5.41) is 17.6. The van der Waals surface area contributed by atoms with Gasteiger partial charge < -0.3 is 19.5 Å². The Labute approximate surface area is 154 Å². The largest absolute Gasteiger partial charge is 0.497 e. The van der Waals surface area contributed by atoms with Crippen LogP contribution >= 0.6 is 0 Å². The summed E-state index contributed by atoms with van der Waals surface area (Å²) in [6, 6.07) is 14.8. The Kier molecular flexibility index (Phi) is 7.69. The summed E-state index contributed by atoms with van der Waals surface area (Å²) in [7, 11) is 1.70. The molecule has 3 rings (SSSR count). The zero-order valence-electron chi connectivity index (χ0n) is 15.2. The highest BCUT2D eigenvalue weighted by Crippen LogP contribution is 2.35. The maximum atomic E-state index is 11.4. The van der Waals surface area contributed by atoms with Crippen LogP contribution < -0.4 is 14.9 Å². The van der Waals surface area contributed by atoms with Gasteiger partial charge in [-0.25, -0.2) is 0 Å². The van der Waals surface area contributed by atoms with Gasteiger partial charge in [-0.3, -0.25) is 4.79 Å². The second-order valence-electron chi connectivity index (χ2n) is 6.19. The monoisotopic (exact) mass is 356 g/mol. The number of hydrogen-bond donors (Lipinski definition) is 2. The van der Waals surface area contributed by atoms with Crippen LogP contribution in [0.3, 0.4) is 0 Å². The van der Waals surface area contributed by atoms with Crippen molar-refractivity contribution in [3.63, 3.8) is 0 Å². The van der Waals surface area contributed by atoms with E-state index >= 15 is 0 Å². The van der Waals surface area contributed by atoms with Gasteiger partial charge in [0.2, 0.25) is 0 Å². The minimum atomic E-state index is -1.47. The van der Waals surface area contributed by atoms with Gasteiger partial charge in [0.05, 0.1) is 14.2 Å². The smallest absolute Gasteiger partial charge is 0.492 e. The molecule has 26 heavy (non-hydrogen) atoms. The molecule has 138 valence electrons. The van der Waals surface area contributed by atoms with Crippen molar-refractivity contribution in [3.8, 4) is 11.5 Å². The van der Waals surface area contributed by atoms with E-state index in [1.807, 2.05) is 18.2 Å². The van der Waals surface area contributed by atoms with Crippen molar-refractivity contribution in [3.05, 3.63) is 54.1 Å². The summed E-state index contributed by atoms with van der Waals surface area (Å²) < 4.78 is 10.2. The lowest BCUT2D eigenvalue weighted by Crippen LogP contribution is -2.30. The third-order valence-electron chi connectivity index (χ3n) is 4.48. The molecule has 1 unspecified atom stereocenters. The van der Waals surface area contributed by atoms with Crippen LogP contribution in [0.15, 0.2) is 48.5 Å². The molecule has 1 fully saturated rings. The van der Waals surface area contributed by atoms with Crippen molar-refractivity contribution in [1.29, 1.82) is 0 Å². The Morgan fingerprint density at radius 3 is 2.15 bits per heavy atom. The number of ether oxygens (including phenoxy) is 2. The van der Waals surface area contributed by atoms with Crippen LogP contribution in [-0.4, -0.2) is 37.2 Å². The van der Waals surface area contributed by atoms with Gasteiger partial charge in [-0.1, -0.05) is 36.4 Å². The number of ketones is 1. The van der Waals surface area contributed by atoms with Gasteiger partial charge in [-0.2, -0.15) is 0 Å². The van der Waals surface area contributed by atoms with Crippen molar-refractivity contribution in [2.45, 2.75) is 31.6 Å². The number of carbonyl (C=O) groups is 1. The minimum absolute atomic E-state index is 0.363. The summed E-state index contributed by atoms with van der Waals surface area (Å²) in [4.78, 5) is 11.4. The number of carbonyl (C=O) groups excluding carboxylic acids is 1. The van der Waals surface area contributed by atoms with Gasteiger partial charge in [0.15, 0.2) is 0 Å². The Bertz CT molecular complexity index is 717. The molecule has 0 amide bonds. The predicted octanol–water partition coefficient (Wildman–Crippen LogP) is 2.30. The van der Waals surface area contributed by atoms with E-state index in [9.17, 15) is 4.79 Å². The molecule has 2 N–H and O–H groups in total. The number of benzene rings is 2. The van der Waals surface area contributed by atoms with E-state index in [0.717, 1.165) is 25.0 Å². The van der Waals surface area contributed by atoms with E-state index < -0.39 is 7.12 Å². The molecule has 2 aromatic carbocycles. The van der Waals surface area contributed by atoms with E-state index in [1.54, 1.807) is 31.4 Å². The van der Waals surface area contributed by atoms with Crippen LogP contribution in [0.4, 0.5) is 0 Å². The van der Waals surface area contributed by atoms with E-state index in [1.165, 1.54) is 12.7 Å². The maximum Gasteiger partial charge on any atom is 0.492 e. The molecule has 0 radical (unpaired) electrons. The lowest BCUT2D eigenvalue weighted by molar-refractivity contribution is -0.120. The highest BCUT2D eigenvalue weighted by molar-refractivity contribution is 6.59. The van der Waals surface area contributed by atoms with Gasteiger partial charge in [-0.15, -0.1) is 0 Å². The first-order valence-corrected chi connectivity index (χ1v) is 8.70. The molecule has 0 saturated heterocycles. The molecule has 1 aliphatic carbocycles. The van der Waals surface area contributed by atoms with Crippen molar-refractivity contribution in [2.24, 2.45) is 0 Å². The standard InChI is InChI=1S/C13H16O2.C7H9BO3/c1-15-13-8-3-2-7-12(13)10-5-4-6-11(14)9-10;1-11-7-5-3-2-4-6(7)8(9)10/h2-3,7-8,10H,4-6,9H2,1H3;2-5,9-10H,1H3. The highest BCUT2D eigenvalue weighted by atomic mass is 16.5. The zero-order chi connectivity index (χ0) is 18.9. The van der Waals surface area contributed by atoms with Crippen LogP contribution in [0.1, 0.15) is 37.2 Å². The quantitative estimate of drug-likeness (QED) is 0.823. The van der Waals surface area contributed by atoms with Crippen molar-refractivity contribution in [2.75, 3.05) is 14.2 Å². The van der Waals surface area contributed by atoms with Crippen molar-refractivity contribution < 1.29 is 24.3 Å². The molecule has 2 aromatic rings. The van der Waals surface area contributed by atoms with Crippen LogP contribution in [0.5, 0.6) is 11.5 Å². The van der Waals surface area contributed by atoms with Crippen molar-refractivity contribution >= 4 is 18.4 Å². The first kappa shape index (κ1) is 20.0. The molecule has 0 aliphatic heterocycles. The number of para-hydroxylation sites is 2. The van der Waals surface area contributed by atoms with Crippen LogP contribution in [-0.2, 0) is 4.79 Å². The van der Waals surface area contributed by atoms with Gasteiger partial charge >= 0.3 is 7.12 Å². The fourth-order valence-electron chi connectivity index (χ4n) is 3.17. The average molecular weight is 356 g/mol. The van der Waals surface area contributed by atoms with Crippen molar-refractivity contribution in [1.82, 2.24) is 0 Å². The van der Waals surface area contributed by atoms with Gasteiger partial charge in [0, 0.05) is 18.3 Å². The predicted molar refractivity (Wildman–Crippen MR) is 102 cm³/mol. The molecule has 0 spiro atoms. The first-order valence-electron chi connectivity index (χ1n) is 8.70. The second-order valence-corrected chi connectivity index (χ2v) is 6.19.